The predicted octanol–water partition coefficient (Wildman–Crippen LogP) is 7.66. The molecule has 4 nitrogen and oxygen atoms in total. The molecule has 5 rings (SSSR count). The summed E-state index contributed by atoms with van der Waals surface area (Å²) < 4.78 is 0. The molecule has 3 heterocycles. The maximum absolute atomic E-state index is 4.78. The second-order valence-corrected chi connectivity index (χ2v) is 9.57. The van der Waals surface area contributed by atoms with Crippen LogP contribution in [0.25, 0.3) is 32.6 Å². The summed E-state index contributed by atoms with van der Waals surface area (Å²) in [6, 6.07) is 17.2. The number of aryl methyl sites for hydroxylation is 1. The van der Waals surface area contributed by atoms with Gasteiger partial charge in [0.2, 0.25) is 0 Å². The molecular weight excluding hydrogens is 420 g/mol. The second kappa shape index (κ2) is 8.21. The molecule has 0 saturated carbocycles. The van der Waals surface area contributed by atoms with Crippen molar-refractivity contribution in [2.24, 2.45) is 0 Å². The van der Waals surface area contributed by atoms with E-state index in [2.05, 4.69) is 95.3 Å². The smallest absolute Gasteiger partial charge is 0.188 e. The molecule has 0 atom stereocenters. The zero-order valence-electron chi connectivity index (χ0n) is 17.6. The van der Waals surface area contributed by atoms with Crippen LogP contribution in [-0.4, -0.2) is 15.0 Å². The topological polar surface area (TPSA) is 50.7 Å². The molecule has 0 radical (unpaired) electrons. The number of nitrogens with one attached hydrogen (secondary N) is 1. The van der Waals surface area contributed by atoms with Crippen LogP contribution in [0.5, 0.6) is 0 Å². The number of thiophene rings is 1. The van der Waals surface area contributed by atoms with Gasteiger partial charge in [0.05, 0.1) is 11.1 Å². The van der Waals surface area contributed by atoms with Crippen LogP contribution in [0.2, 0.25) is 0 Å². The minimum absolute atomic E-state index is 0.515. The molecule has 0 aliphatic heterocycles. The van der Waals surface area contributed by atoms with Gasteiger partial charge in [0, 0.05) is 21.9 Å². The summed E-state index contributed by atoms with van der Waals surface area (Å²) in [4.78, 5) is 14.8. The van der Waals surface area contributed by atoms with Crippen molar-refractivity contribution in [2.75, 3.05) is 5.32 Å². The van der Waals surface area contributed by atoms with Gasteiger partial charge in [-0.25, -0.2) is 15.0 Å². The lowest BCUT2D eigenvalue weighted by Crippen LogP contribution is -1.95. The molecule has 0 aliphatic rings. The monoisotopic (exact) mass is 442 g/mol. The number of rotatable bonds is 5. The van der Waals surface area contributed by atoms with Crippen molar-refractivity contribution < 1.29 is 0 Å². The van der Waals surface area contributed by atoms with E-state index in [1.165, 1.54) is 16.7 Å². The Morgan fingerprint density at radius 1 is 0.839 bits per heavy atom. The first-order valence-corrected chi connectivity index (χ1v) is 12.0. The molecular formula is C25H22N4S2. The number of nitrogens with zero attached hydrogens (tertiary/aromatic N) is 3. The maximum Gasteiger partial charge on any atom is 0.188 e. The molecule has 31 heavy (non-hydrogen) atoms. The number of fused-ring (bicyclic) bond motifs is 1. The number of anilines is 2. The molecule has 0 unspecified atom stereocenters. The average molecular weight is 443 g/mol. The third-order valence-corrected chi connectivity index (χ3v) is 6.98. The SMILES string of the molecule is Cc1ccc(-c2csc(Nc3ncnc4scc(-c5ccc(C(C)C)cc5)c34)n2)cc1. The Morgan fingerprint density at radius 3 is 2.32 bits per heavy atom. The summed E-state index contributed by atoms with van der Waals surface area (Å²) in [5.41, 5.74) is 6.98. The Balaban J connectivity index is 1.50. The van der Waals surface area contributed by atoms with Crippen molar-refractivity contribution in [1.82, 2.24) is 15.0 Å². The molecule has 154 valence electrons. The van der Waals surface area contributed by atoms with Crippen molar-refractivity contribution in [3.8, 4) is 22.4 Å². The van der Waals surface area contributed by atoms with Gasteiger partial charge in [0.1, 0.15) is 17.0 Å². The van der Waals surface area contributed by atoms with E-state index in [0.29, 0.717) is 5.92 Å². The zero-order chi connectivity index (χ0) is 21.4. The van der Waals surface area contributed by atoms with Gasteiger partial charge in [-0.2, -0.15) is 0 Å². The molecule has 0 aliphatic carbocycles. The van der Waals surface area contributed by atoms with Gasteiger partial charge >= 0.3 is 0 Å². The van der Waals surface area contributed by atoms with Gasteiger partial charge < -0.3 is 5.32 Å². The Bertz CT molecular complexity index is 1330. The van der Waals surface area contributed by atoms with E-state index in [1.54, 1.807) is 29.0 Å². The average Bonchev–Trinajstić information content (AvgIpc) is 3.42. The molecule has 0 spiro atoms. The van der Waals surface area contributed by atoms with Gasteiger partial charge in [-0.05, 0) is 24.0 Å². The van der Waals surface area contributed by atoms with Crippen molar-refractivity contribution in [3.05, 3.63) is 76.7 Å². The summed E-state index contributed by atoms with van der Waals surface area (Å²) in [6.07, 6.45) is 1.61. The molecule has 0 bridgehead atoms. The van der Waals surface area contributed by atoms with Crippen molar-refractivity contribution in [2.45, 2.75) is 26.7 Å². The van der Waals surface area contributed by atoms with Crippen LogP contribution >= 0.6 is 22.7 Å². The highest BCUT2D eigenvalue weighted by atomic mass is 32.1. The highest BCUT2D eigenvalue weighted by Gasteiger charge is 2.15. The molecule has 3 aromatic heterocycles. The lowest BCUT2D eigenvalue weighted by atomic mass is 9.99. The van der Waals surface area contributed by atoms with Gasteiger partial charge in [-0.1, -0.05) is 67.9 Å². The normalized spacial score (nSPS) is 11.4. The van der Waals surface area contributed by atoms with Crippen molar-refractivity contribution >= 4 is 43.8 Å². The number of benzene rings is 2. The van der Waals surface area contributed by atoms with E-state index in [-0.39, 0.29) is 0 Å². The van der Waals surface area contributed by atoms with Crippen LogP contribution in [0.1, 0.15) is 30.9 Å². The van der Waals surface area contributed by atoms with Gasteiger partial charge in [-0.3, -0.25) is 0 Å². The number of aromatic nitrogens is 3. The fourth-order valence-corrected chi connectivity index (χ4v) is 5.15. The number of hydrogen-bond donors (Lipinski definition) is 1. The molecule has 6 heteroatoms. The first-order chi connectivity index (χ1) is 15.1. The Kier molecular flexibility index (Phi) is 5.26. The fraction of sp³-hybridized carbons (Fsp3) is 0.160. The highest BCUT2D eigenvalue weighted by molar-refractivity contribution is 7.17. The first-order valence-electron chi connectivity index (χ1n) is 10.2. The summed E-state index contributed by atoms with van der Waals surface area (Å²) in [7, 11) is 0. The molecule has 0 amide bonds. The van der Waals surface area contributed by atoms with Crippen LogP contribution in [0.15, 0.2) is 65.6 Å². The molecule has 1 N–H and O–H groups in total. The summed E-state index contributed by atoms with van der Waals surface area (Å²) in [5, 5.41) is 9.53. The Labute approximate surface area is 189 Å². The third-order valence-electron chi connectivity index (χ3n) is 5.34. The maximum atomic E-state index is 4.78. The number of hydrogen-bond acceptors (Lipinski definition) is 6. The van der Waals surface area contributed by atoms with Crippen LogP contribution in [-0.2, 0) is 0 Å². The van der Waals surface area contributed by atoms with Crippen LogP contribution < -0.4 is 5.32 Å². The Hall–Kier alpha value is -3.09. The third kappa shape index (κ3) is 3.96. The Morgan fingerprint density at radius 2 is 1.58 bits per heavy atom. The fourth-order valence-electron chi connectivity index (χ4n) is 3.52. The van der Waals surface area contributed by atoms with Crippen molar-refractivity contribution in [1.29, 1.82) is 0 Å². The second-order valence-electron chi connectivity index (χ2n) is 7.86. The van der Waals surface area contributed by atoms with Gasteiger partial charge in [0.25, 0.3) is 0 Å². The first kappa shape index (κ1) is 19.8. The minimum Gasteiger partial charge on any atom is -0.316 e. The summed E-state index contributed by atoms with van der Waals surface area (Å²) in [6.45, 7) is 6.51. The molecule has 5 aromatic rings. The summed E-state index contributed by atoms with van der Waals surface area (Å²) >= 11 is 3.22. The van der Waals surface area contributed by atoms with E-state index >= 15 is 0 Å². The van der Waals surface area contributed by atoms with Crippen molar-refractivity contribution in [3.63, 3.8) is 0 Å². The van der Waals surface area contributed by atoms with Crippen LogP contribution in [0.3, 0.4) is 0 Å². The number of thiazole rings is 1. The molecule has 2 aromatic carbocycles. The van der Waals surface area contributed by atoms with Gasteiger partial charge in [0.15, 0.2) is 5.13 Å². The highest BCUT2D eigenvalue weighted by Crippen LogP contribution is 2.38. The summed E-state index contributed by atoms with van der Waals surface area (Å²) in [5.74, 6) is 1.31. The standard InChI is InChI=1S/C25H22N4S2/c1-15(2)17-8-10-18(11-9-17)20-12-30-24-22(20)23(26-14-27-24)29-25-28-21(13-31-25)19-6-4-16(3)5-7-19/h4-15H,1-3H3,(H,26,27,28,29). The van der Waals surface area contributed by atoms with E-state index in [1.807, 2.05) is 0 Å². The van der Waals surface area contributed by atoms with E-state index < -0.39 is 0 Å². The minimum atomic E-state index is 0.515. The zero-order valence-corrected chi connectivity index (χ0v) is 19.2. The van der Waals surface area contributed by atoms with Crippen LogP contribution in [0.4, 0.5) is 10.9 Å². The lowest BCUT2D eigenvalue weighted by Gasteiger charge is -2.08. The van der Waals surface area contributed by atoms with Crippen LogP contribution in [0, 0.1) is 6.92 Å². The predicted molar refractivity (Wildman–Crippen MR) is 133 cm³/mol. The quantitative estimate of drug-likeness (QED) is 0.303. The van der Waals surface area contributed by atoms with E-state index in [4.69, 9.17) is 4.98 Å². The molecule has 0 fully saturated rings. The molecule has 0 saturated heterocycles. The van der Waals surface area contributed by atoms with E-state index in [0.717, 1.165) is 38.0 Å². The van der Waals surface area contributed by atoms with E-state index in [9.17, 15) is 0 Å². The van der Waals surface area contributed by atoms with Gasteiger partial charge in [-0.15, -0.1) is 22.7 Å². The lowest BCUT2D eigenvalue weighted by molar-refractivity contribution is 0.867. The largest absolute Gasteiger partial charge is 0.316 e.